The Morgan fingerprint density at radius 1 is 1.07 bits per heavy atom. The highest BCUT2D eigenvalue weighted by Gasteiger charge is 2.32. The van der Waals surface area contributed by atoms with E-state index in [1.807, 2.05) is 4.68 Å². The fraction of sp³-hybridized carbons (Fsp3) is 0.667. The molecule has 0 amide bonds. The summed E-state index contributed by atoms with van der Waals surface area (Å²) in [5, 5.41) is 12.8. The van der Waals surface area contributed by atoms with Crippen LogP contribution in [0.3, 0.4) is 0 Å². The van der Waals surface area contributed by atoms with Crippen LogP contribution in [0.15, 0.2) is 18.2 Å². The molecule has 1 atom stereocenters. The molecule has 0 aliphatic carbocycles. The second-order valence-corrected chi connectivity index (χ2v) is 8.28. The molecule has 0 bridgehead atoms. The van der Waals surface area contributed by atoms with E-state index in [-0.39, 0.29) is 11.6 Å². The fourth-order valence-corrected chi connectivity index (χ4v) is 3.94. The van der Waals surface area contributed by atoms with Crippen molar-refractivity contribution in [2.45, 2.75) is 66.0 Å². The van der Waals surface area contributed by atoms with Gasteiger partial charge >= 0.3 is 0 Å². The van der Waals surface area contributed by atoms with E-state index in [1.165, 1.54) is 16.8 Å². The molecule has 1 saturated heterocycles. The Balaban J connectivity index is 1.75. The third-order valence-electron chi connectivity index (χ3n) is 6.29. The third-order valence-corrected chi connectivity index (χ3v) is 6.29. The van der Waals surface area contributed by atoms with Gasteiger partial charge in [-0.15, -0.1) is 5.10 Å². The standard InChI is InChI=1S/C21H34N6/c1-7-18(20-22-23-24-27(20)21(5,6)8-2)25-12-14-26(15-13-25)19-11-9-10-16(3)17(19)4/h9-11,18H,7-8,12-15H2,1-6H3/t18-/m0/s1. The van der Waals surface area contributed by atoms with Crippen LogP contribution >= 0.6 is 0 Å². The van der Waals surface area contributed by atoms with Gasteiger partial charge in [-0.25, -0.2) is 4.68 Å². The highest BCUT2D eigenvalue weighted by Crippen LogP contribution is 2.30. The minimum Gasteiger partial charge on any atom is -0.369 e. The zero-order valence-corrected chi connectivity index (χ0v) is 17.7. The van der Waals surface area contributed by atoms with Crippen molar-refractivity contribution in [2.75, 3.05) is 31.1 Å². The van der Waals surface area contributed by atoms with Gasteiger partial charge in [0.2, 0.25) is 0 Å². The molecule has 27 heavy (non-hydrogen) atoms. The van der Waals surface area contributed by atoms with Crippen molar-refractivity contribution in [1.82, 2.24) is 25.1 Å². The predicted molar refractivity (Wildman–Crippen MR) is 110 cm³/mol. The summed E-state index contributed by atoms with van der Waals surface area (Å²) in [6.45, 7) is 17.4. The molecular weight excluding hydrogens is 336 g/mol. The van der Waals surface area contributed by atoms with Gasteiger partial charge in [0.25, 0.3) is 0 Å². The van der Waals surface area contributed by atoms with Crippen molar-refractivity contribution in [3.63, 3.8) is 0 Å². The Hall–Kier alpha value is -1.95. The number of aromatic nitrogens is 4. The van der Waals surface area contributed by atoms with Gasteiger partial charge < -0.3 is 4.90 Å². The molecular formula is C21H34N6. The lowest BCUT2D eigenvalue weighted by atomic mass is 10.0. The first kappa shape index (κ1) is 19.8. The van der Waals surface area contributed by atoms with Crippen LogP contribution in [0.5, 0.6) is 0 Å². The minimum absolute atomic E-state index is 0.0627. The van der Waals surface area contributed by atoms with E-state index >= 15 is 0 Å². The van der Waals surface area contributed by atoms with E-state index < -0.39 is 0 Å². The lowest BCUT2D eigenvalue weighted by Crippen LogP contribution is -2.48. The van der Waals surface area contributed by atoms with E-state index in [4.69, 9.17) is 0 Å². The Labute approximate surface area is 163 Å². The highest BCUT2D eigenvalue weighted by atomic mass is 15.6. The van der Waals surface area contributed by atoms with Crippen molar-refractivity contribution < 1.29 is 0 Å². The van der Waals surface area contributed by atoms with Crippen LogP contribution in [0.1, 0.15) is 63.5 Å². The summed E-state index contributed by atoms with van der Waals surface area (Å²) >= 11 is 0. The molecule has 0 spiro atoms. The number of rotatable bonds is 6. The van der Waals surface area contributed by atoms with Crippen molar-refractivity contribution in [3.05, 3.63) is 35.2 Å². The number of benzene rings is 1. The molecule has 6 nitrogen and oxygen atoms in total. The number of anilines is 1. The summed E-state index contributed by atoms with van der Waals surface area (Å²) in [5.74, 6) is 1.00. The van der Waals surface area contributed by atoms with Crippen molar-refractivity contribution in [2.24, 2.45) is 0 Å². The molecule has 0 unspecified atom stereocenters. The van der Waals surface area contributed by atoms with E-state index in [9.17, 15) is 0 Å². The number of hydrogen-bond donors (Lipinski definition) is 0. The van der Waals surface area contributed by atoms with Gasteiger partial charge in [0.15, 0.2) is 5.82 Å². The summed E-state index contributed by atoms with van der Waals surface area (Å²) in [6.07, 6.45) is 2.02. The fourth-order valence-electron chi connectivity index (χ4n) is 3.94. The zero-order valence-electron chi connectivity index (χ0n) is 17.7. The van der Waals surface area contributed by atoms with Crippen LogP contribution in [0.2, 0.25) is 0 Å². The molecule has 2 heterocycles. The van der Waals surface area contributed by atoms with Crippen LogP contribution in [0, 0.1) is 13.8 Å². The average molecular weight is 371 g/mol. The van der Waals surface area contributed by atoms with Crippen molar-refractivity contribution in [3.8, 4) is 0 Å². The summed E-state index contributed by atoms with van der Waals surface area (Å²) < 4.78 is 2.04. The molecule has 3 rings (SSSR count). The van der Waals surface area contributed by atoms with E-state index in [0.717, 1.165) is 44.8 Å². The maximum atomic E-state index is 4.43. The summed E-state index contributed by atoms with van der Waals surface area (Å²) in [4.78, 5) is 5.07. The first-order valence-electron chi connectivity index (χ1n) is 10.2. The van der Waals surface area contributed by atoms with Gasteiger partial charge in [-0.2, -0.15) is 0 Å². The normalized spacial score (nSPS) is 17.3. The number of hydrogen-bond acceptors (Lipinski definition) is 5. The van der Waals surface area contributed by atoms with E-state index in [0.29, 0.717) is 0 Å². The van der Waals surface area contributed by atoms with E-state index in [2.05, 4.69) is 85.1 Å². The zero-order chi connectivity index (χ0) is 19.6. The molecule has 2 aromatic rings. The molecule has 0 N–H and O–H groups in total. The smallest absolute Gasteiger partial charge is 0.168 e. The maximum Gasteiger partial charge on any atom is 0.168 e. The van der Waals surface area contributed by atoms with Crippen LogP contribution in [-0.4, -0.2) is 51.3 Å². The topological polar surface area (TPSA) is 50.1 Å². The van der Waals surface area contributed by atoms with Crippen molar-refractivity contribution in [1.29, 1.82) is 0 Å². The second-order valence-electron chi connectivity index (χ2n) is 8.28. The Morgan fingerprint density at radius 2 is 1.78 bits per heavy atom. The molecule has 1 aliphatic heterocycles. The highest BCUT2D eigenvalue weighted by molar-refractivity contribution is 5.56. The van der Waals surface area contributed by atoms with Crippen LogP contribution in [0.4, 0.5) is 5.69 Å². The lowest BCUT2D eigenvalue weighted by molar-refractivity contribution is 0.158. The Kier molecular flexibility index (Phi) is 5.84. The largest absolute Gasteiger partial charge is 0.369 e. The first-order chi connectivity index (χ1) is 12.9. The SMILES string of the molecule is CC[C@@H](c1nnnn1C(C)(C)CC)N1CCN(c2cccc(C)c2C)CC1. The number of nitrogens with zero attached hydrogens (tertiary/aromatic N) is 6. The maximum absolute atomic E-state index is 4.43. The monoisotopic (exact) mass is 370 g/mol. The average Bonchev–Trinajstić information content (AvgIpc) is 3.16. The number of piperazine rings is 1. The summed E-state index contributed by atoms with van der Waals surface area (Å²) in [7, 11) is 0. The molecule has 6 heteroatoms. The van der Waals surface area contributed by atoms with Crippen LogP contribution in [0.25, 0.3) is 0 Å². The van der Waals surface area contributed by atoms with Gasteiger partial charge in [0.05, 0.1) is 11.6 Å². The quantitative estimate of drug-likeness (QED) is 0.776. The van der Waals surface area contributed by atoms with Crippen molar-refractivity contribution >= 4 is 5.69 Å². The molecule has 1 aliphatic rings. The molecule has 1 aromatic heterocycles. The van der Waals surface area contributed by atoms with Gasteiger partial charge in [-0.05, 0) is 68.2 Å². The van der Waals surface area contributed by atoms with E-state index in [1.54, 1.807) is 0 Å². The third kappa shape index (κ3) is 3.86. The molecule has 1 fully saturated rings. The predicted octanol–water partition coefficient (Wildman–Crippen LogP) is 3.71. The molecule has 0 radical (unpaired) electrons. The summed E-state index contributed by atoms with van der Waals surface area (Å²) in [6, 6.07) is 6.88. The van der Waals surface area contributed by atoms with Gasteiger partial charge in [0.1, 0.15) is 0 Å². The second kappa shape index (κ2) is 7.97. The minimum atomic E-state index is -0.0627. The number of aryl methyl sites for hydroxylation is 1. The Morgan fingerprint density at radius 3 is 2.41 bits per heavy atom. The molecule has 0 saturated carbocycles. The number of tetrazole rings is 1. The first-order valence-corrected chi connectivity index (χ1v) is 10.2. The Bertz CT molecular complexity index is 758. The van der Waals surface area contributed by atoms with Gasteiger partial charge in [-0.3, -0.25) is 4.90 Å². The lowest BCUT2D eigenvalue weighted by Gasteiger charge is -2.40. The van der Waals surface area contributed by atoms with Gasteiger partial charge in [-0.1, -0.05) is 26.0 Å². The van der Waals surface area contributed by atoms with Crippen LogP contribution in [-0.2, 0) is 5.54 Å². The summed E-state index contributed by atoms with van der Waals surface area (Å²) in [5.41, 5.74) is 4.07. The molecule has 148 valence electrons. The van der Waals surface area contributed by atoms with Gasteiger partial charge in [0, 0.05) is 31.9 Å². The van der Waals surface area contributed by atoms with Crippen LogP contribution < -0.4 is 4.90 Å². The molecule has 1 aromatic carbocycles.